The molecule has 0 radical (unpaired) electrons. The van der Waals surface area contributed by atoms with E-state index in [-0.39, 0.29) is 24.2 Å². The Balaban J connectivity index is 1.48. The van der Waals surface area contributed by atoms with E-state index in [1.54, 1.807) is 16.2 Å². The van der Waals surface area contributed by atoms with Crippen LogP contribution in [0.1, 0.15) is 10.4 Å². The number of carbonyl (C=O) groups is 1. The maximum absolute atomic E-state index is 12.6. The molecule has 2 aliphatic heterocycles. The molecule has 1 amide bonds. The van der Waals surface area contributed by atoms with Crippen molar-refractivity contribution in [1.29, 1.82) is 0 Å². The first-order chi connectivity index (χ1) is 12.9. The SMILES string of the molecule is C[Si](C)(C)c1ncc(C23CN(C(=O)OCc4ccccc4)CC2CON3)s1. The fraction of sp³-hybridized carbons (Fsp3) is 0.474. The molecule has 2 saturated heterocycles. The van der Waals surface area contributed by atoms with E-state index in [0.29, 0.717) is 19.7 Å². The van der Waals surface area contributed by atoms with Gasteiger partial charge in [-0.15, -0.1) is 11.3 Å². The number of fused-ring (bicyclic) bond motifs is 1. The van der Waals surface area contributed by atoms with Crippen molar-refractivity contribution in [3.05, 3.63) is 47.0 Å². The van der Waals surface area contributed by atoms with Gasteiger partial charge in [0.2, 0.25) is 0 Å². The minimum absolute atomic E-state index is 0.205. The first-order valence-electron chi connectivity index (χ1n) is 9.20. The van der Waals surface area contributed by atoms with Gasteiger partial charge in [0.15, 0.2) is 0 Å². The number of ether oxygens (including phenoxy) is 1. The van der Waals surface area contributed by atoms with Crippen molar-refractivity contribution in [3.63, 3.8) is 0 Å². The van der Waals surface area contributed by atoms with Crippen molar-refractivity contribution in [2.24, 2.45) is 5.92 Å². The number of carbonyl (C=O) groups excluding carboxylic acids is 1. The largest absolute Gasteiger partial charge is 0.445 e. The van der Waals surface area contributed by atoms with Gasteiger partial charge < -0.3 is 14.5 Å². The van der Waals surface area contributed by atoms with E-state index in [2.05, 4.69) is 30.1 Å². The lowest BCUT2D eigenvalue weighted by Gasteiger charge is -2.25. The summed E-state index contributed by atoms with van der Waals surface area (Å²) in [5.74, 6) is 0.205. The third kappa shape index (κ3) is 3.54. The van der Waals surface area contributed by atoms with Crippen molar-refractivity contribution in [1.82, 2.24) is 15.4 Å². The monoisotopic (exact) mass is 403 g/mol. The zero-order valence-corrected chi connectivity index (χ0v) is 17.7. The number of likely N-dealkylation sites (tertiary alicyclic amines) is 1. The van der Waals surface area contributed by atoms with E-state index < -0.39 is 8.07 Å². The van der Waals surface area contributed by atoms with Crippen LogP contribution in [0.15, 0.2) is 36.5 Å². The molecule has 3 heterocycles. The van der Waals surface area contributed by atoms with Gasteiger partial charge >= 0.3 is 6.09 Å². The summed E-state index contributed by atoms with van der Waals surface area (Å²) in [4.78, 5) is 25.8. The van der Waals surface area contributed by atoms with E-state index in [4.69, 9.17) is 9.57 Å². The molecule has 0 saturated carbocycles. The zero-order valence-electron chi connectivity index (χ0n) is 15.9. The lowest BCUT2D eigenvalue weighted by atomic mass is 9.88. The number of nitrogens with zero attached hydrogens (tertiary/aromatic N) is 2. The summed E-state index contributed by atoms with van der Waals surface area (Å²) in [6.07, 6.45) is 1.69. The van der Waals surface area contributed by atoms with Gasteiger partial charge in [-0.25, -0.2) is 4.79 Å². The molecule has 144 valence electrons. The fourth-order valence-electron chi connectivity index (χ4n) is 3.60. The number of benzene rings is 1. The first kappa shape index (κ1) is 18.6. The molecule has 2 fully saturated rings. The van der Waals surface area contributed by atoms with Gasteiger partial charge in [-0.05, 0) is 5.56 Å². The highest BCUT2D eigenvalue weighted by Gasteiger charge is 2.55. The molecule has 8 heteroatoms. The van der Waals surface area contributed by atoms with E-state index in [1.165, 1.54) is 4.63 Å². The number of rotatable bonds is 4. The van der Waals surface area contributed by atoms with Gasteiger partial charge in [0, 0.05) is 30.1 Å². The Hall–Kier alpha value is -1.74. The summed E-state index contributed by atoms with van der Waals surface area (Å²) in [5, 5.41) is 0. The number of hydrogen-bond acceptors (Lipinski definition) is 6. The lowest BCUT2D eigenvalue weighted by Crippen LogP contribution is -2.43. The summed E-state index contributed by atoms with van der Waals surface area (Å²) in [6.45, 7) is 8.93. The maximum Gasteiger partial charge on any atom is 0.410 e. The quantitative estimate of drug-likeness (QED) is 0.795. The predicted molar refractivity (Wildman–Crippen MR) is 108 cm³/mol. The van der Waals surface area contributed by atoms with E-state index in [9.17, 15) is 4.79 Å². The van der Waals surface area contributed by atoms with Crippen LogP contribution < -0.4 is 10.1 Å². The van der Waals surface area contributed by atoms with Crippen LogP contribution >= 0.6 is 11.3 Å². The molecule has 4 rings (SSSR count). The number of thiazole rings is 1. The average Bonchev–Trinajstić information content (AvgIpc) is 3.33. The van der Waals surface area contributed by atoms with E-state index >= 15 is 0 Å². The number of amides is 1. The Morgan fingerprint density at radius 1 is 1.41 bits per heavy atom. The lowest BCUT2D eigenvalue weighted by molar-refractivity contribution is 0.0433. The molecule has 1 N–H and O–H groups in total. The van der Waals surface area contributed by atoms with Crippen LogP contribution in [-0.4, -0.2) is 43.7 Å². The Morgan fingerprint density at radius 2 is 2.19 bits per heavy atom. The highest BCUT2D eigenvalue weighted by molar-refractivity contribution is 7.25. The highest BCUT2D eigenvalue weighted by atomic mass is 32.1. The maximum atomic E-state index is 12.6. The molecule has 2 aliphatic rings. The van der Waals surface area contributed by atoms with Crippen LogP contribution in [0.2, 0.25) is 19.6 Å². The van der Waals surface area contributed by atoms with Crippen molar-refractivity contribution in [2.45, 2.75) is 31.8 Å². The fourth-order valence-corrected chi connectivity index (χ4v) is 6.48. The third-order valence-electron chi connectivity index (χ3n) is 5.17. The first-order valence-corrected chi connectivity index (χ1v) is 13.5. The molecule has 0 spiro atoms. The minimum Gasteiger partial charge on any atom is -0.445 e. The zero-order chi connectivity index (χ0) is 19.1. The van der Waals surface area contributed by atoms with Gasteiger partial charge in [0.25, 0.3) is 0 Å². The molecule has 6 nitrogen and oxygen atoms in total. The molecule has 2 atom stereocenters. The number of nitrogens with one attached hydrogen (secondary N) is 1. The summed E-state index contributed by atoms with van der Waals surface area (Å²) < 4.78 is 6.76. The minimum atomic E-state index is -1.47. The van der Waals surface area contributed by atoms with Gasteiger partial charge in [0.05, 0.1) is 11.2 Å². The molecular weight excluding hydrogens is 378 g/mol. The topological polar surface area (TPSA) is 63.7 Å². The van der Waals surface area contributed by atoms with Crippen LogP contribution in [0.3, 0.4) is 0 Å². The van der Waals surface area contributed by atoms with Crippen molar-refractivity contribution in [2.75, 3.05) is 19.7 Å². The summed E-state index contributed by atoms with van der Waals surface area (Å²) in [6, 6.07) is 9.75. The molecule has 27 heavy (non-hydrogen) atoms. The normalized spacial score (nSPS) is 24.9. The second kappa shape index (κ2) is 7.01. The summed E-state index contributed by atoms with van der Waals surface area (Å²) >= 11 is 1.76. The van der Waals surface area contributed by atoms with Crippen molar-refractivity contribution < 1.29 is 14.4 Å². The van der Waals surface area contributed by atoms with Crippen molar-refractivity contribution in [3.8, 4) is 0 Å². The van der Waals surface area contributed by atoms with Crippen LogP contribution in [0, 0.1) is 5.92 Å². The predicted octanol–water partition coefficient (Wildman–Crippen LogP) is 2.69. The number of hydrogen-bond donors (Lipinski definition) is 1. The molecule has 1 aromatic carbocycles. The van der Waals surface area contributed by atoms with Crippen LogP contribution in [0.4, 0.5) is 4.79 Å². The third-order valence-corrected chi connectivity index (χ3v) is 9.71. The smallest absolute Gasteiger partial charge is 0.410 e. The highest BCUT2D eigenvalue weighted by Crippen LogP contribution is 2.42. The summed E-state index contributed by atoms with van der Waals surface area (Å²) in [5.41, 5.74) is 3.82. The van der Waals surface area contributed by atoms with Gasteiger partial charge in [-0.2, -0.15) is 5.48 Å². The van der Waals surface area contributed by atoms with Gasteiger partial charge in [-0.1, -0.05) is 50.0 Å². The Kier molecular flexibility index (Phi) is 4.83. The number of aromatic nitrogens is 1. The Labute approximate surface area is 164 Å². The van der Waals surface area contributed by atoms with E-state index in [1.807, 2.05) is 36.5 Å². The summed E-state index contributed by atoms with van der Waals surface area (Å²) in [7, 11) is -1.47. The molecule has 1 aromatic heterocycles. The second-order valence-electron chi connectivity index (χ2n) is 8.28. The second-order valence-corrected chi connectivity index (χ2v) is 14.6. The van der Waals surface area contributed by atoms with E-state index in [0.717, 1.165) is 10.4 Å². The average molecular weight is 404 g/mol. The van der Waals surface area contributed by atoms with Gasteiger partial charge in [-0.3, -0.25) is 4.98 Å². The van der Waals surface area contributed by atoms with Crippen LogP contribution in [-0.2, 0) is 21.7 Å². The van der Waals surface area contributed by atoms with Gasteiger partial charge in [0.1, 0.15) is 20.2 Å². The molecule has 0 bridgehead atoms. The Bertz CT molecular complexity index is 823. The van der Waals surface area contributed by atoms with Crippen molar-refractivity contribution >= 4 is 30.1 Å². The molecule has 2 unspecified atom stereocenters. The number of hydroxylamine groups is 1. The standard InChI is InChI=1S/C19H25N3O3SSi/c1-27(2,3)17-20-9-16(26-17)19-13-22(10-15(19)12-25-21-19)18(23)24-11-14-7-5-4-6-8-14/h4-9,15,21H,10-13H2,1-3H3. The Morgan fingerprint density at radius 3 is 2.89 bits per heavy atom. The molecular formula is C19H25N3O3SSi. The molecule has 2 aromatic rings. The van der Waals surface area contributed by atoms with Crippen LogP contribution in [0.25, 0.3) is 0 Å². The van der Waals surface area contributed by atoms with Crippen LogP contribution in [0.5, 0.6) is 0 Å². The molecule has 0 aliphatic carbocycles.